The first-order valence-corrected chi connectivity index (χ1v) is 8.50. The largest absolute Gasteiger partial charge is 0.507 e. The molecule has 3 aromatic rings. The first kappa shape index (κ1) is 17.7. The molecule has 2 N–H and O–H groups in total. The Balaban J connectivity index is 1.72. The van der Waals surface area contributed by atoms with Crippen molar-refractivity contribution >= 4 is 22.9 Å². The van der Waals surface area contributed by atoms with Crippen LogP contribution in [0.2, 0.25) is 0 Å². The number of hydrogen-bond donors (Lipinski definition) is 2. The van der Waals surface area contributed by atoms with Crippen LogP contribution in [-0.2, 0) is 5.41 Å². The third kappa shape index (κ3) is 3.91. The molecular formula is C22H22N2O2. The van der Waals surface area contributed by atoms with Crippen LogP contribution in [0.1, 0.15) is 42.3 Å². The van der Waals surface area contributed by atoms with Crippen molar-refractivity contribution in [3.05, 3.63) is 77.4 Å². The van der Waals surface area contributed by atoms with E-state index in [-0.39, 0.29) is 16.7 Å². The van der Waals surface area contributed by atoms with Crippen molar-refractivity contribution in [1.82, 2.24) is 5.43 Å². The Labute approximate surface area is 153 Å². The van der Waals surface area contributed by atoms with Crippen LogP contribution in [0, 0.1) is 0 Å². The molecule has 0 aromatic heterocycles. The molecule has 0 saturated carbocycles. The van der Waals surface area contributed by atoms with Gasteiger partial charge in [0.1, 0.15) is 5.75 Å². The molecule has 0 aliphatic heterocycles. The highest BCUT2D eigenvalue weighted by atomic mass is 16.3. The number of carbonyl (C=O) groups is 1. The molecule has 0 atom stereocenters. The average molecular weight is 346 g/mol. The molecule has 0 fully saturated rings. The summed E-state index contributed by atoms with van der Waals surface area (Å²) in [7, 11) is 0. The molecule has 0 spiro atoms. The third-order valence-corrected chi connectivity index (χ3v) is 4.27. The number of hydrazone groups is 1. The molecule has 0 saturated heterocycles. The lowest BCUT2D eigenvalue weighted by Crippen LogP contribution is -2.17. The Morgan fingerprint density at radius 1 is 1.00 bits per heavy atom. The summed E-state index contributed by atoms with van der Waals surface area (Å²) in [6, 6.07) is 18.8. The minimum atomic E-state index is -0.448. The van der Waals surface area contributed by atoms with Crippen LogP contribution < -0.4 is 5.43 Å². The molecular weight excluding hydrogens is 324 g/mol. The molecule has 0 unspecified atom stereocenters. The van der Waals surface area contributed by atoms with Gasteiger partial charge in [0.05, 0.1) is 11.8 Å². The van der Waals surface area contributed by atoms with E-state index in [1.54, 1.807) is 18.3 Å². The first-order chi connectivity index (χ1) is 12.3. The van der Waals surface area contributed by atoms with Gasteiger partial charge >= 0.3 is 0 Å². The maximum Gasteiger partial charge on any atom is 0.275 e. The molecule has 0 aliphatic carbocycles. The highest BCUT2D eigenvalue weighted by Gasteiger charge is 2.13. The number of phenolic OH excluding ortho intramolecular Hbond substituents is 1. The number of amides is 1. The molecule has 132 valence electrons. The zero-order valence-corrected chi connectivity index (χ0v) is 15.2. The van der Waals surface area contributed by atoms with Crippen LogP contribution in [0.4, 0.5) is 0 Å². The van der Waals surface area contributed by atoms with E-state index < -0.39 is 5.91 Å². The minimum Gasteiger partial charge on any atom is -0.507 e. The second kappa shape index (κ2) is 7.00. The van der Waals surface area contributed by atoms with Crippen LogP contribution >= 0.6 is 0 Å². The lowest BCUT2D eigenvalue weighted by molar-refractivity contribution is 0.0952. The molecule has 0 heterocycles. The Morgan fingerprint density at radius 3 is 2.23 bits per heavy atom. The molecule has 3 aromatic carbocycles. The summed E-state index contributed by atoms with van der Waals surface area (Å²) in [5.41, 5.74) is 4.89. The summed E-state index contributed by atoms with van der Waals surface area (Å²) in [6.45, 7) is 6.48. The lowest BCUT2D eigenvalue weighted by atomic mass is 9.87. The maximum atomic E-state index is 12.3. The molecule has 1 amide bonds. The van der Waals surface area contributed by atoms with E-state index >= 15 is 0 Å². The van der Waals surface area contributed by atoms with E-state index in [0.717, 1.165) is 16.3 Å². The third-order valence-electron chi connectivity index (χ3n) is 4.27. The normalized spacial score (nSPS) is 11.8. The Kier molecular flexibility index (Phi) is 4.76. The molecule has 0 bridgehead atoms. The van der Waals surface area contributed by atoms with Gasteiger partial charge in [0.25, 0.3) is 5.91 Å². The number of hydrogen-bond acceptors (Lipinski definition) is 3. The van der Waals surface area contributed by atoms with Crippen molar-refractivity contribution in [2.45, 2.75) is 26.2 Å². The maximum absolute atomic E-state index is 12.3. The van der Waals surface area contributed by atoms with Gasteiger partial charge in [-0.3, -0.25) is 4.79 Å². The summed E-state index contributed by atoms with van der Waals surface area (Å²) < 4.78 is 0. The molecule has 0 aliphatic rings. The van der Waals surface area contributed by atoms with Crippen molar-refractivity contribution in [1.29, 1.82) is 0 Å². The molecule has 26 heavy (non-hydrogen) atoms. The average Bonchev–Trinajstić information content (AvgIpc) is 2.60. The summed E-state index contributed by atoms with van der Waals surface area (Å²) in [5.74, 6) is -0.512. The van der Waals surface area contributed by atoms with E-state index in [9.17, 15) is 9.90 Å². The van der Waals surface area contributed by atoms with Crippen molar-refractivity contribution < 1.29 is 9.90 Å². The zero-order chi connectivity index (χ0) is 18.7. The molecule has 4 heteroatoms. The highest BCUT2D eigenvalue weighted by Crippen LogP contribution is 2.25. The van der Waals surface area contributed by atoms with Crippen LogP contribution in [0.3, 0.4) is 0 Å². The highest BCUT2D eigenvalue weighted by molar-refractivity contribution is 6.01. The van der Waals surface area contributed by atoms with Gasteiger partial charge in [-0.05, 0) is 39.4 Å². The van der Waals surface area contributed by atoms with Gasteiger partial charge in [-0.15, -0.1) is 0 Å². The smallest absolute Gasteiger partial charge is 0.275 e. The van der Waals surface area contributed by atoms with E-state index in [1.165, 1.54) is 5.56 Å². The summed E-state index contributed by atoms with van der Waals surface area (Å²) in [4.78, 5) is 12.3. The van der Waals surface area contributed by atoms with E-state index in [2.05, 4.69) is 43.4 Å². The molecule has 4 nitrogen and oxygen atoms in total. The molecule has 0 radical (unpaired) electrons. The number of aromatic hydroxyl groups is 1. The second-order valence-electron chi connectivity index (χ2n) is 7.29. The zero-order valence-electron chi connectivity index (χ0n) is 15.2. The van der Waals surface area contributed by atoms with E-state index in [0.29, 0.717) is 0 Å². The van der Waals surface area contributed by atoms with Crippen molar-refractivity contribution in [2.24, 2.45) is 5.10 Å². The summed E-state index contributed by atoms with van der Waals surface area (Å²) in [6.07, 6.45) is 1.59. The van der Waals surface area contributed by atoms with E-state index in [4.69, 9.17) is 0 Å². The Morgan fingerprint density at radius 2 is 1.62 bits per heavy atom. The van der Waals surface area contributed by atoms with Crippen LogP contribution in [-0.4, -0.2) is 17.2 Å². The second-order valence-corrected chi connectivity index (χ2v) is 7.29. The predicted octanol–water partition coefficient (Wildman–Crippen LogP) is 4.61. The fourth-order valence-corrected chi connectivity index (χ4v) is 2.70. The van der Waals surface area contributed by atoms with Crippen LogP contribution in [0.15, 0.2) is 65.8 Å². The number of phenols is 1. The number of benzene rings is 3. The number of nitrogens with one attached hydrogen (secondary N) is 1. The van der Waals surface area contributed by atoms with Crippen molar-refractivity contribution in [3.63, 3.8) is 0 Å². The van der Waals surface area contributed by atoms with Crippen molar-refractivity contribution in [3.8, 4) is 5.75 Å². The van der Waals surface area contributed by atoms with Gasteiger partial charge in [0, 0.05) is 0 Å². The lowest BCUT2D eigenvalue weighted by Gasteiger charge is -2.18. The fraction of sp³-hybridized carbons (Fsp3) is 0.182. The standard InChI is InChI=1S/C22H22N2O2/c1-22(2,3)18-10-8-15(9-11-18)14-23-24-21(26)19-12-16-6-4-5-7-17(16)13-20(19)25/h4-14,25H,1-3H3,(H,24,26). The van der Waals surface area contributed by atoms with Crippen LogP contribution in [0.25, 0.3) is 10.8 Å². The van der Waals surface area contributed by atoms with Gasteiger partial charge < -0.3 is 5.11 Å². The number of fused-ring (bicyclic) bond motifs is 1. The summed E-state index contributed by atoms with van der Waals surface area (Å²) in [5, 5.41) is 15.8. The first-order valence-electron chi connectivity index (χ1n) is 8.50. The Hall–Kier alpha value is -3.14. The minimum absolute atomic E-state index is 0.0640. The van der Waals surface area contributed by atoms with E-state index in [1.807, 2.05) is 36.4 Å². The molecule has 3 rings (SSSR count). The quantitative estimate of drug-likeness (QED) is 0.537. The van der Waals surface area contributed by atoms with Crippen molar-refractivity contribution in [2.75, 3.05) is 0 Å². The van der Waals surface area contributed by atoms with Gasteiger partial charge in [0.2, 0.25) is 0 Å². The van der Waals surface area contributed by atoms with Gasteiger partial charge in [-0.25, -0.2) is 5.43 Å². The van der Waals surface area contributed by atoms with Gasteiger partial charge in [-0.2, -0.15) is 5.10 Å². The van der Waals surface area contributed by atoms with Gasteiger partial charge in [-0.1, -0.05) is 69.3 Å². The number of nitrogens with zero attached hydrogens (tertiary/aromatic N) is 1. The van der Waals surface area contributed by atoms with Crippen LogP contribution in [0.5, 0.6) is 5.75 Å². The van der Waals surface area contributed by atoms with Gasteiger partial charge in [0.15, 0.2) is 0 Å². The Bertz CT molecular complexity index is 968. The predicted molar refractivity (Wildman–Crippen MR) is 106 cm³/mol. The fourth-order valence-electron chi connectivity index (χ4n) is 2.70. The SMILES string of the molecule is CC(C)(C)c1ccc(C=NNC(=O)c2cc3ccccc3cc2O)cc1. The summed E-state index contributed by atoms with van der Waals surface area (Å²) >= 11 is 0. The monoisotopic (exact) mass is 346 g/mol. The number of rotatable bonds is 3. The number of carbonyl (C=O) groups excluding carboxylic acids is 1. The topological polar surface area (TPSA) is 61.7 Å².